The third kappa shape index (κ3) is 2.55. The first kappa shape index (κ1) is 10.2. The lowest BCUT2D eigenvalue weighted by atomic mass is 10.2. The Morgan fingerprint density at radius 2 is 2.42 bits per heavy atom. The van der Waals surface area contributed by atoms with E-state index in [1.54, 1.807) is 0 Å². The molecule has 0 aliphatic carbocycles. The minimum atomic E-state index is -0.557. The Labute approximate surface area is 78.5 Å². The van der Waals surface area contributed by atoms with Crippen molar-refractivity contribution in [2.75, 3.05) is 18.9 Å². The van der Waals surface area contributed by atoms with E-state index in [1.807, 2.05) is 0 Å². The van der Waals surface area contributed by atoms with Crippen LogP contribution < -0.4 is 5.32 Å². The minimum Gasteiger partial charge on any atom is -0.395 e. The summed E-state index contributed by atoms with van der Waals surface area (Å²) in [5, 5.41) is 19.9. The summed E-state index contributed by atoms with van der Waals surface area (Å²) >= 11 is 0. The van der Waals surface area contributed by atoms with Crippen LogP contribution in [0.4, 0.5) is 0 Å². The number of carbonyl (C=O) groups is 1. The van der Waals surface area contributed by atoms with Crippen LogP contribution in [0.2, 0.25) is 0 Å². The van der Waals surface area contributed by atoms with E-state index in [4.69, 9.17) is 5.11 Å². The van der Waals surface area contributed by atoms with Gasteiger partial charge >= 0.3 is 0 Å². The van der Waals surface area contributed by atoms with E-state index >= 15 is 0 Å². The largest absolute Gasteiger partial charge is 0.395 e. The molecule has 1 aliphatic rings. The van der Waals surface area contributed by atoms with Gasteiger partial charge in [-0.1, -0.05) is 21.6 Å². The van der Waals surface area contributed by atoms with E-state index in [0.29, 0.717) is 5.75 Å². The first-order chi connectivity index (χ1) is 5.75. The first-order valence-electron chi connectivity index (χ1n) is 3.60. The van der Waals surface area contributed by atoms with E-state index in [-0.39, 0.29) is 24.3 Å². The van der Waals surface area contributed by atoms with Crippen molar-refractivity contribution in [1.82, 2.24) is 5.32 Å². The second kappa shape index (κ2) is 4.96. The van der Waals surface area contributed by atoms with Crippen LogP contribution in [0.25, 0.3) is 0 Å². The summed E-state index contributed by atoms with van der Waals surface area (Å²) < 4.78 is 0. The Balaban J connectivity index is 2.30. The van der Waals surface area contributed by atoms with Crippen LogP contribution in [0.5, 0.6) is 0 Å². The molecule has 0 aromatic rings. The van der Waals surface area contributed by atoms with Crippen LogP contribution in [-0.2, 0) is 4.79 Å². The van der Waals surface area contributed by atoms with Crippen molar-refractivity contribution in [2.24, 2.45) is 0 Å². The van der Waals surface area contributed by atoms with E-state index < -0.39 is 6.10 Å². The van der Waals surface area contributed by atoms with Gasteiger partial charge in [0.15, 0.2) is 0 Å². The molecular weight excluding hydrogens is 198 g/mol. The van der Waals surface area contributed by atoms with Gasteiger partial charge in [-0.25, -0.2) is 0 Å². The Morgan fingerprint density at radius 1 is 1.67 bits per heavy atom. The molecule has 0 aromatic heterocycles. The molecule has 4 nitrogen and oxygen atoms in total. The van der Waals surface area contributed by atoms with Crippen molar-refractivity contribution >= 4 is 27.5 Å². The molecule has 1 saturated heterocycles. The highest BCUT2D eigenvalue weighted by Gasteiger charge is 2.32. The van der Waals surface area contributed by atoms with Crippen LogP contribution in [0.15, 0.2) is 0 Å². The average Bonchev–Trinajstić information content (AvgIpc) is 2.47. The highest BCUT2D eigenvalue weighted by atomic mass is 33.1. The van der Waals surface area contributed by atoms with Crippen LogP contribution >= 0.6 is 21.6 Å². The quantitative estimate of drug-likeness (QED) is 0.532. The maximum atomic E-state index is 11.2. The van der Waals surface area contributed by atoms with Gasteiger partial charge in [0.1, 0.15) is 5.25 Å². The molecule has 2 atom stereocenters. The van der Waals surface area contributed by atoms with Crippen molar-refractivity contribution in [2.45, 2.75) is 11.4 Å². The number of carbonyl (C=O) groups excluding carboxylic acids is 1. The fraction of sp³-hybridized carbons (Fsp3) is 0.833. The zero-order valence-corrected chi connectivity index (χ0v) is 8.03. The van der Waals surface area contributed by atoms with Gasteiger partial charge < -0.3 is 15.5 Å². The van der Waals surface area contributed by atoms with Crippen LogP contribution in [0, 0.1) is 0 Å². The lowest BCUT2D eigenvalue weighted by Gasteiger charge is -2.11. The third-order valence-corrected chi connectivity index (χ3v) is 4.22. The summed E-state index contributed by atoms with van der Waals surface area (Å²) in [4.78, 5) is 11.2. The molecule has 1 aliphatic heterocycles. The molecule has 70 valence electrons. The molecule has 0 unspecified atom stereocenters. The van der Waals surface area contributed by atoms with Crippen molar-refractivity contribution < 1.29 is 15.0 Å². The molecule has 3 N–H and O–H groups in total. The fourth-order valence-electron chi connectivity index (χ4n) is 0.832. The summed E-state index contributed by atoms with van der Waals surface area (Å²) in [5.74, 6) is 0.411. The summed E-state index contributed by atoms with van der Waals surface area (Å²) in [6.07, 6.45) is -0.557. The minimum absolute atomic E-state index is 0.0631. The predicted octanol–water partition coefficient (Wildman–Crippen LogP) is -0.781. The molecular formula is C6H11NO3S2. The number of amides is 1. The molecule has 12 heavy (non-hydrogen) atoms. The van der Waals surface area contributed by atoms with Gasteiger partial charge in [0.05, 0.1) is 12.7 Å². The van der Waals surface area contributed by atoms with Gasteiger partial charge in [0.2, 0.25) is 5.91 Å². The summed E-state index contributed by atoms with van der Waals surface area (Å²) in [5.41, 5.74) is 0. The lowest BCUT2D eigenvalue weighted by molar-refractivity contribution is -0.122. The molecule has 0 spiro atoms. The van der Waals surface area contributed by atoms with Gasteiger partial charge in [-0.05, 0) is 0 Å². The fourth-order valence-corrected chi connectivity index (χ4v) is 3.65. The number of aliphatic hydroxyl groups is 2. The molecule has 1 heterocycles. The van der Waals surface area contributed by atoms with Crippen LogP contribution in [0.3, 0.4) is 0 Å². The molecule has 1 rings (SSSR count). The average molecular weight is 209 g/mol. The summed E-state index contributed by atoms with van der Waals surface area (Å²) in [7, 11) is 2.88. The van der Waals surface area contributed by atoms with E-state index in [2.05, 4.69) is 5.32 Å². The summed E-state index contributed by atoms with van der Waals surface area (Å²) in [6.45, 7) is 0.194. The number of hydrogen-bond acceptors (Lipinski definition) is 5. The van der Waals surface area contributed by atoms with Crippen LogP contribution in [0.1, 0.15) is 0 Å². The highest BCUT2D eigenvalue weighted by molar-refractivity contribution is 8.77. The van der Waals surface area contributed by atoms with Crippen molar-refractivity contribution in [3.8, 4) is 0 Å². The molecule has 0 saturated carbocycles. The standard InChI is InChI=1S/C6H11NO3S2/c8-2-1-7-6(10)5-4(9)3-11-12-5/h4-5,8-9H,1-3H2,(H,7,10)/t4-,5+/m1/s1. The van der Waals surface area contributed by atoms with Gasteiger partial charge in [-0.15, -0.1) is 0 Å². The smallest absolute Gasteiger partial charge is 0.236 e. The number of hydrogen-bond donors (Lipinski definition) is 3. The maximum Gasteiger partial charge on any atom is 0.236 e. The first-order valence-corrected chi connectivity index (χ1v) is 5.99. The molecule has 0 radical (unpaired) electrons. The molecule has 0 bridgehead atoms. The molecule has 1 amide bonds. The number of aliphatic hydroxyl groups excluding tert-OH is 2. The molecule has 0 aromatic carbocycles. The zero-order chi connectivity index (χ0) is 8.97. The topological polar surface area (TPSA) is 69.6 Å². The normalized spacial score (nSPS) is 28.8. The third-order valence-electron chi connectivity index (χ3n) is 1.43. The predicted molar refractivity (Wildman–Crippen MR) is 49.9 cm³/mol. The zero-order valence-electron chi connectivity index (χ0n) is 6.40. The molecule has 1 fully saturated rings. The lowest BCUT2D eigenvalue weighted by Crippen LogP contribution is -2.39. The SMILES string of the molecule is O=C(NCCO)[C@H]1SSC[C@H]1O. The van der Waals surface area contributed by atoms with Crippen molar-refractivity contribution in [3.05, 3.63) is 0 Å². The summed E-state index contributed by atoms with van der Waals surface area (Å²) in [6, 6.07) is 0. The number of rotatable bonds is 3. The van der Waals surface area contributed by atoms with E-state index in [0.717, 1.165) is 0 Å². The van der Waals surface area contributed by atoms with Crippen LogP contribution in [-0.4, -0.2) is 46.4 Å². The van der Waals surface area contributed by atoms with Gasteiger partial charge in [0.25, 0.3) is 0 Å². The Hall–Kier alpha value is 0.0900. The van der Waals surface area contributed by atoms with Crippen molar-refractivity contribution in [3.63, 3.8) is 0 Å². The molecule has 6 heteroatoms. The van der Waals surface area contributed by atoms with Gasteiger partial charge in [0, 0.05) is 12.3 Å². The van der Waals surface area contributed by atoms with Crippen molar-refractivity contribution in [1.29, 1.82) is 0 Å². The Bertz CT molecular complexity index is 167. The maximum absolute atomic E-state index is 11.2. The second-order valence-corrected chi connectivity index (χ2v) is 4.94. The number of nitrogens with one attached hydrogen (secondary N) is 1. The van der Waals surface area contributed by atoms with Gasteiger partial charge in [-0.2, -0.15) is 0 Å². The monoisotopic (exact) mass is 209 g/mol. The highest BCUT2D eigenvalue weighted by Crippen LogP contribution is 2.37. The van der Waals surface area contributed by atoms with Gasteiger partial charge in [-0.3, -0.25) is 4.79 Å². The van der Waals surface area contributed by atoms with E-state index in [9.17, 15) is 9.90 Å². The Kier molecular flexibility index (Phi) is 4.20. The Morgan fingerprint density at radius 3 is 2.92 bits per heavy atom. The van der Waals surface area contributed by atoms with E-state index in [1.165, 1.54) is 21.6 Å². The second-order valence-electron chi connectivity index (χ2n) is 2.38.